The maximum atomic E-state index is 13.4. The van der Waals surface area contributed by atoms with Crippen LogP contribution in [0.4, 0.5) is 4.39 Å². The summed E-state index contributed by atoms with van der Waals surface area (Å²) in [4.78, 5) is 13.2. The lowest BCUT2D eigenvalue weighted by Gasteiger charge is -2.12. The van der Waals surface area contributed by atoms with E-state index in [1.54, 1.807) is 16.7 Å². The first-order valence-corrected chi connectivity index (χ1v) is 9.00. The van der Waals surface area contributed by atoms with Crippen molar-refractivity contribution in [2.45, 2.75) is 20.4 Å². The molecule has 28 heavy (non-hydrogen) atoms. The smallest absolute Gasteiger partial charge is 0.258 e. The standard InChI is InChI=1S/C23H19FN2O2/c1-15-22(16(2)28-25-15)19-12-21(18-8-10-20(24)11-9-18)23(27)26(14-19)13-17-6-4-3-5-7-17/h3-12,14H,13H2,1-2H3. The van der Waals surface area contributed by atoms with Crippen LogP contribution in [-0.2, 0) is 6.54 Å². The molecule has 140 valence electrons. The lowest BCUT2D eigenvalue weighted by atomic mass is 10.0. The number of nitrogens with zero attached hydrogens (tertiary/aromatic N) is 2. The van der Waals surface area contributed by atoms with Gasteiger partial charge < -0.3 is 9.09 Å². The Morgan fingerprint density at radius 2 is 1.71 bits per heavy atom. The molecule has 2 aromatic carbocycles. The number of hydrogen-bond acceptors (Lipinski definition) is 3. The van der Waals surface area contributed by atoms with Crippen molar-refractivity contribution in [1.82, 2.24) is 9.72 Å². The molecule has 0 radical (unpaired) electrons. The molecule has 4 nitrogen and oxygen atoms in total. The summed E-state index contributed by atoms with van der Waals surface area (Å²) < 4.78 is 20.4. The molecule has 0 aliphatic heterocycles. The van der Waals surface area contributed by atoms with E-state index in [4.69, 9.17) is 4.52 Å². The van der Waals surface area contributed by atoms with Crippen molar-refractivity contribution in [1.29, 1.82) is 0 Å². The number of aryl methyl sites for hydroxylation is 2. The Hall–Kier alpha value is -3.47. The molecule has 4 rings (SSSR count). The van der Waals surface area contributed by atoms with Gasteiger partial charge in [0.25, 0.3) is 5.56 Å². The number of hydrogen-bond donors (Lipinski definition) is 0. The van der Waals surface area contributed by atoms with Crippen molar-refractivity contribution in [3.63, 3.8) is 0 Å². The minimum absolute atomic E-state index is 0.133. The molecule has 4 aromatic rings. The van der Waals surface area contributed by atoms with Crippen LogP contribution in [0.3, 0.4) is 0 Å². The van der Waals surface area contributed by atoms with Crippen LogP contribution in [0.15, 0.2) is 76.2 Å². The summed E-state index contributed by atoms with van der Waals surface area (Å²) in [7, 11) is 0. The monoisotopic (exact) mass is 374 g/mol. The zero-order valence-corrected chi connectivity index (χ0v) is 15.6. The fraction of sp³-hybridized carbons (Fsp3) is 0.130. The molecule has 0 fully saturated rings. The van der Waals surface area contributed by atoms with Crippen LogP contribution in [0.2, 0.25) is 0 Å². The summed E-state index contributed by atoms with van der Waals surface area (Å²) in [5, 5.41) is 4.03. The van der Waals surface area contributed by atoms with Crippen LogP contribution in [0.1, 0.15) is 17.0 Å². The van der Waals surface area contributed by atoms with Gasteiger partial charge in [0.2, 0.25) is 0 Å². The van der Waals surface area contributed by atoms with Gasteiger partial charge in [0, 0.05) is 22.9 Å². The minimum atomic E-state index is -0.338. The van der Waals surface area contributed by atoms with E-state index in [0.29, 0.717) is 23.4 Å². The first-order chi connectivity index (χ1) is 13.5. The van der Waals surface area contributed by atoms with Gasteiger partial charge >= 0.3 is 0 Å². The Morgan fingerprint density at radius 3 is 2.36 bits per heavy atom. The predicted molar refractivity (Wildman–Crippen MR) is 107 cm³/mol. The second-order valence-electron chi connectivity index (χ2n) is 6.77. The van der Waals surface area contributed by atoms with Gasteiger partial charge in [0.15, 0.2) is 0 Å². The topological polar surface area (TPSA) is 48.0 Å². The zero-order chi connectivity index (χ0) is 19.7. The molecule has 2 heterocycles. The molecule has 0 aliphatic carbocycles. The maximum absolute atomic E-state index is 13.4. The van der Waals surface area contributed by atoms with E-state index in [1.807, 2.05) is 56.4 Å². The lowest BCUT2D eigenvalue weighted by Crippen LogP contribution is -2.22. The number of benzene rings is 2. The third-order valence-corrected chi connectivity index (χ3v) is 4.76. The first-order valence-electron chi connectivity index (χ1n) is 9.00. The summed E-state index contributed by atoms with van der Waals surface area (Å²) in [5.74, 6) is 0.350. The predicted octanol–water partition coefficient (Wildman–Crippen LogP) is 4.97. The summed E-state index contributed by atoms with van der Waals surface area (Å²) in [6.07, 6.45) is 1.83. The molecule has 0 amide bonds. The minimum Gasteiger partial charge on any atom is -0.361 e. The van der Waals surface area contributed by atoms with Gasteiger partial charge in [0.05, 0.1) is 12.2 Å². The Kier molecular flexibility index (Phi) is 4.65. The van der Waals surface area contributed by atoms with Crippen molar-refractivity contribution in [2.75, 3.05) is 0 Å². The van der Waals surface area contributed by atoms with Gasteiger partial charge in [0.1, 0.15) is 11.6 Å². The molecule has 0 unspecified atom stereocenters. The maximum Gasteiger partial charge on any atom is 0.258 e. The van der Waals surface area contributed by atoms with Gasteiger partial charge in [-0.25, -0.2) is 4.39 Å². The van der Waals surface area contributed by atoms with Crippen molar-refractivity contribution >= 4 is 0 Å². The molecule has 0 saturated heterocycles. The highest BCUT2D eigenvalue weighted by molar-refractivity contribution is 5.74. The van der Waals surface area contributed by atoms with Crippen LogP contribution >= 0.6 is 0 Å². The molecule has 0 spiro atoms. The van der Waals surface area contributed by atoms with Crippen LogP contribution in [0, 0.1) is 19.7 Å². The average molecular weight is 374 g/mol. The number of pyridine rings is 1. The van der Waals surface area contributed by atoms with E-state index < -0.39 is 0 Å². The zero-order valence-electron chi connectivity index (χ0n) is 15.6. The largest absolute Gasteiger partial charge is 0.361 e. The average Bonchev–Trinajstić information content (AvgIpc) is 3.03. The molecule has 2 aromatic heterocycles. The molecule has 0 aliphatic rings. The molecular weight excluding hydrogens is 355 g/mol. The fourth-order valence-electron chi connectivity index (χ4n) is 3.40. The van der Waals surface area contributed by atoms with E-state index >= 15 is 0 Å². The van der Waals surface area contributed by atoms with E-state index in [0.717, 1.165) is 22.4 Å². The normalized spacial score (nSPS) is 11.0. The van der Waals surface area contributed by atoms with Gasteiger partial charge in [-0.05, 0) is 43.2 Å². The van der Waals surface area contributed by atoms with Crippen LogP contribution in [0.25, 0.3) is 22.3 Å². The van der Waals surface area contributed by atoms with Crippen molar-refractivity contribution in [3.8, 4) is 22.3 Å². The summed E-state index contributed by atoms with van der Waals surface area (Å²) in [5.41, 5.74) is 4.52. The Morgan fingerprint density at radius 1 is 1.00 bits per heavy atom. The van der Waals surface area contributed by atoms with Crippen molar-refractivity contribution in [2.24, 2.45) is 0 Å². The van der Waals surface area contributed by atoms with E-state index in [2.05, 4.69) is 5.16 Å². The highest BCUT2D eigenvalue weighted by atomic mass is 19.1. The SMILES string of the molecule is Cc1noc(C)c1-c1cc(-c2ccc(F)cc2)c(=O)n(Cc2ccccc2)c1. The van der Waals surface area contributed by atoms with E-state index in [1.165, 1.54) is 12.1 Å². The van der Waals surface area contributed by atoms with Gasteiger partial charge in [-0.3, -0.25) is 4.79 Å². The molecule has 0 N–H and O–H groups in total. The van der Waals surface area contributed by atoms with Crippen LogP contribution < -0.4 is 5.56 Å². The highest BCUT2D eigenvalue weighted by Crippen LogP contribution is 2.29. The van der Waals surface area contributed by atoms with Crippen LogP contribution in [-0.4, -0.2) is 9.72 Å². The van der Waals surface area contributed by atoms with E-state index in [9.17, 15) is 9.18 Å². The van der Waals surface area contributed by atoms with Gasteiger partial charge in [-0.2, -0.15) is 0 Å². The lowest BCUT2D eigenvalue weighted by molar-refractivity contribution is 0.393. The molecule has 0 bridgehead atoms. The second-order valence-corrected chi connectivity index (χ2v) is 6.77. The van der Waals surface area contributed by atoms with Gasteiger partial charge in [-0.1, -0.05) is 47.6 Å². The van der Waals surface area contributed by atoms with Crippen molar-refractivity contribution in [3.05, 3.63) is 100 Å². The summed E-state index contributed by atoms with van der Waals surface area (Å²) in [6.45, 7) is 4.15. The second kappa shape index (κ2) is 7.27. The molecule has 0 atom stereocenters. The van der Waals surface area contributed by atoms with E-state index in [-0.39, 0.29) is 11.4 Å². The number of halogens is 1. The summed E-state index contributed by atoms with van der Waals surface area (Å²) >= 11 is 0. The fourth-order valence-corrected chi connectivity index (χ4v) is 3.40. The number of aromatic nitrogens is 2. The number of rotatable bonds is 4. The highest BCUT2D eigenvalue weighted by Gasteiger charge is 2.16. The summed E-state index contributed by atoms with van der Waals surface area (Å²) in [6, 6.07) is 17.6. The quantitative estimate of drug-likeness (QED) is 0.506. The Bertz CT molecular complexity index is 1160. The van der Waals surface area contributed by atoms with Gasteiger partial charge in [-0.15, -0.1) is 0 Å². The third kappa shape index (κ3) is 3.39. The third-order valence-electron chi connectivity index (χ3n) is 4.76. The first kappa shape index (κ1) is 17.9. The van der Waals surface area contributed by atoms with Crippen molar-refractivity contribution < 1.29 is 8.91 Å². The molecular formula is C23H19FN2O2. The Balaban J connectivity index is 1.92. The Labute approximate surface area is 161 Å². The molecule has 5 heteroatoms. The molecule has 0 saturated carbocycles. The van der Waals surface area contributed by atoms with Crippen LogP contribution in [0.5, 0.6) is 0 Å².